The summed E-state index contributed by atoms with van der Waals surface area (Å²) in [7, 11) is 0. The highest BCUT2D eigenvalue weighted by atomic mass is 16.5. The highest BCUT2D eigenvalue weighted by Crippen LogP contribution is 2.27. The average molecular weight is 281 g/mol. The smallest absolute Gasteiger partial charge is 0.324 e. The summed E-state index contributed by atoms with van der Waals surface area (Å²) in [6.45, 7) is 3.64. The van der Waals surface area contributed by atoms with Crippen molar-refractivity contribution in [3.05, 3.63) is 54.1 Å². The monoisotopic (exact) mass is 281 g/mol. The van der Waals surface area contributed by atoms with Crippen LogP contribution in [0.4, 0.5) is 0 Å². The summed E-state index contributed by atoms with van der Waals surface area (Å²) < 4.78 is 5.40. The minimum atomic E-state index is -0.908. The molecule has 2 aromatic rings. The van der Waals surface area contributed by atoms with E-state index in [4.69, 9.17) is 10.00 Å². The number of esters is 1. The van der Waals surface area contributed by atoms with Gasteiger partial charge in [0.25, 0.3) is 0 Å². The molecule has 0 bridgehead atoms. The Morgan fingerprint density at radius 3 is 2.43 bits per heavy atom. The van der Waals surface area contributed by atoms with Gasteiger partial charge in [-0.3, -0.25) is 4.79 Å². The van der Waals surface area contributed by atoms with Crippen LogP contribution < -0.4 is 4.74 Å². The molecule has 0 aliphatic rings. The van der Waals surface area contributed by atoms with Gasteiger partial charge in [-0.1, -0.05) is 6.92 Å². The van der Waals surface area contributed by atoms with Crippen molar-refractivity contribution in [2.45, 2.75) is 25.7 Å². The Labute approximate surface area is 123 Å². The lowest BCUT2D eigenvalue weighted by Gasteiger charge is -2.23. The highest BCUT2D eigenvalue weighted by molar-refractivity contribution is 5.83. The fourth-order valence-electron chi connectivity index (χ4n) is 1.79. The molecule has 21 heavy (non-hydrogen) atoms. The third kappa shape index (κ3) is 3.06. The molecule has 2 rings (SSSR count). The lowest BCUT2D eigenvalue weighted by molar-refractivity contribution is -0.140. The maximum Gasteiger partial charge on any atom is 0.324 e. The largest absolute Gasteiger partial charge is 0.426 e. The van der Waals surface area contributed by atoms with Gasteiger partial charge in [-0.25, -0.2) is 9.97 Å². The first kappa shape index (κ1) is 14.7. The van der Waals surface area contributed by atoms with Crippen LogP contribution in [-0.4, -0.2) is 15.9 Å². The Bertz CT molecular complexity index is 662. The van der Waals surface area contributed by atoms with Crippen LogP contribution in [0.5, 0.6) is 5.75 Å². The highest BCUT2D eigenvalue weighted by Gasteiger charge is 2.38. The van der Waals surface area contributed by atoms with Gasteiger partial charge in [0.2, 0.25) is 0 Å². The number of rotatable bonds is 4. The minimum Gasteiger partial charge on any atom is -0.426 e. The molecule has 0 N–H and O–H groups in total. The predicted molar refractivity (Wildman–Crippen MR) is 76.5 cm³/mol. The zero-order valence-corrected chi connectivity index (χ0v) is 11.9. The Hall–Kier alpha value is -2.74. The van der Waals surface area contributed by atoms with Crippen molar-refractivity contribution in [1.29, 1.82) is 5.26 Å². The van der Waals surface area contributed by atoms with Crippen LogP contribution in [0.3, 0.4) is 0 Å². The molecule has 106 valence electrons. The summed E-state index contributed by atoms with van der Waals surface area (Å²) in [4.78, 5) is 20.8. The maximum atomic E-state index is 12.5. The second-order valence-electron chi connectivity index (χ2n) is 4.78. The molecular formula is C16H15N3O2. The average Bonchev–Trinajstić information content (AvgIpc) is 2.55. The van der Waals surface area contributed by atoms with E-state index in [2.05, 4.69) is 9.97 Å². The van der Waals surface area contributed by atoms with E-state index in [-0.39, 0.29) is 0 Å². The summed E-state index contributed by atoms with van der Waals surface area (Å²) in [6, 6.07) is 10.1. The Morgan fingerprint density at radius 2 is 1.90 bits per heavy atom. The van der Waals surface area contributed by atoms with E-state index in [1.165, 1.54) is 0 Å². The number of nitriles is 1. The molecule has 1 heterocycles. The van der Waals surface area contributed by atoms with Gasteiger partial charge in [-0.2, -0.15) is 5.26 Å². The Balaban J connectivity index is 2.22. The minimum absolute atomic E-state index is 0.398. The van der Waals surface area contributed by atoms with E-state index in [0.717, 1.165) is 0 Å². The second kappa shape index (κ2) is 6.14. The molecule has 1 atom stereocenters. The van der Waals surface area contributed by atoms with E-state index < -0.39 is 11.4 Å². The zero-order chi connectivity index (χ0) is 15.3. The third-order valence-electron chi connectivity index (χ3n) is 3.41. The summed E-state index contributed by atoms with van der Waals surface area (Å²) >= 11 is 0. The second-order valence-corrected chi connectivity index (χ2v) is 4.78. The molecule has 0 radical (unpaired) electrons. The van der Waals surface area contributed by atoms with Crippen LogP contribution in [0.15, 0.2) is 42.7 Å². The van der Waals surface area contributed by atoms with Gasteiger partial charge in [-0.15, -0.1) is 0 Å². The van der Waals surface area contributed by atoms with Gasteiger partial charge in [-0.05, 0) is 43.7 Å². The molecule has 0 aliphatic heterocycles. The topological polar surface area (TPSA) is 75.9 Å². The van der Waals surface area contributed by atoms with Gasteiger partial charge in [0.15, 0.2) is 0 Å². The van der Waals surface area contributed by atoms with Crippen LogP contribution in [0.25, 0.3) is 0 Å². The summed E-state index contributed by atoms with van der Waals surface area (Å²) in [5.74, 6) is 0.418. The molecular weight excluding hydrogens is 266 g/mol. The van der Waals surface area contributed by atoms with E-state index in [1.807, 2.05) is 13.0 Å². The van der Waals surface area contributed by atoms with Gasteiger partial charge in [0.1, 0.15) is 17.0 Å². The normalized spacial score (nSPS) is 13.0. The SMILES string of the molecule is CCC(C)(C(=O)Oc1ccc(C#N)cc1)c1ncccn1. The van der Waals surface area contributed by atoms with E-state index >= 15 is 0 Å². The molecule has 5 nitrogen and oxygen atoms in total. The summed E-state index contributed by atoms with van der Waals surface area (Å²) in [6.07, 6.45) is 3.72. The molecule has 1 unspecified atom stereocenters. The molecule has 0 saturated carbocycles. The van der Waals surface area contributed by atoms with Crippen LogP contribution in [0.2, 0.25) is 0 Å². The number of benzene rings is 1. The van der Waals surface area contributed by atoms with Gasteiger partial charge >= 0.3 is 5.97 Å². The lowest BCUT2D eigenvalue weighted by Crippen LogP contribution is -2.37. The molecule has 0 saturated heterocycles. The Kier molecular flexibility index (Phi) is 4.29. The fraction of sp³-hybridized carbons (Fsp3) is 0.250. The summed E-state index contributed by atoms with van der Waals surface area (Å²) in [5, 5.41) is 8.75. The molecule has 0 amide bonds. The number of hydrogen-bond acceptors (Lipinski definition) is 5. The predicted octanol–water partition coefficient (Wildman–Crippen LogP) is 2.62. The first-order chi connectivity index (χ1) is 10.1. The van der Waals surface area contributed by atoms with Gasteiger partial charge in [0.05, 0.1) is 11.6 Å². The molecule has 0 fully saturated rings. The van der Waals surface area contributed by atoms with Gasteiger partial charge in [0, 0.05) is 12.4 Å². The van der Waals surface area contributed by atoms with Crippen LogP contribution in [-0.2, 0) is 10.2 Å². The molecule has 5 heteroatoms. The van der Waals surface area contributed by atoms with Crippen molar-refractivity contribution in [1.82, 2.24) is 9.97 Å². The van der Waals surface area contributed by atoms with Crippen LogP contribution in [0, 0.1) is 11.3 Å². The fourth-order valence-corrected chi connectivity index (χ4v) is 1.79. The number of carbonyl (C=O) groups is 1. The molecule has 0 aliphatic carbocycles. The molecule has 1 aromatic heterocycles. The lowest BCUT2D eigenvalue weighted by atomic mass is 9.86. The first-order valence-electron chi connectivity index (χ1n) is 6.60. The van der Waals surface area contributed by atoms with Crippen molar-refractivity contribution in [2.75, 3.05) is 0 Å². The Morgan fingerprint density at radius 1 is 1.29 bits per heavy atom. The van der Waals surface area contributed by atoms with Crippen molar-refractivity contribution < 1.29 is 9.53 Å². The van der Waals surface area contributed by atoms with Crippen LogP contribution >= 0.6 is 0 Å². The number of ether oxygens (including phenoxy) is 1. The molecule has 1 aromatic carbocycles. The van der Waals surface area contributed by atoms with Crippen LogP contribution in [0.1, 0.15) is 31.7 Å². The molecule has 0 spiro atoms. The standard InChI is InChI=1S/C16H15N3O2/c1-3-16(2,14-18-9-4-10-19-14)15(20)21-13-7-5-12(11-17)6-8-13/h4-10H,3H2,1-2H3. The van der Waals surface area contributed by atoms with Crippen molar-refractivity contribution in [2.24, 2.45) is 0 Å². The summed E-state index contributed by atoms with van der Waals surface area (Å²) in [5.41, 5.74) is -0.394. The van der Waals surface area contributed by atoms with Gasteiger partial charge < -0.3 is 4.74 Å². The van der Waals surface area contributed by atoms with Crippen molar-refractivity contribution in [3.8, 4) is 11.8 Å². The maximum absolute atomic E-state index is 12.5. The number of aromatic nitrogens is 2. The number of carbonyl (C=O) groups excluding carboxylic acids is 1. The number of hydrogen-bond donors (Lipinski definition) is 0. The van der Waals surface area contributed by atoms with Crippen molar-refractivity contribution >= 4 is 5.97 Å². The van der Waals surface area contributed by atoms with Crippen molar-refractivity contribution in [3.63, 3.8) is 0 Å². The zero-order valence-electron chi connectivity index (χ0n) is 11.9. The number of nitrogens with zero attached hydrogens (tertiary/aromatic N) is 3. The van der Waals surface area contributed by atoms with E-state index in [9.17, 15) is 4.79 Å². The first-order valence-corrected chi connectivity index (χ1v) is 6.60. The quantitative estimate of drug-likeness (QED) is 0.636. The third-order valence-corrected chi connectivity index (χ3v) is 3.41. The van der Waals surface area contributed by atoms with E-state index in [0.29, 0.717) is 23.6 Å². The van der Waals surface area contributed by atoms with E-state index in [1.54, 1.807) is 49.6 Å².